The fourth-order valence-electron chi connectivity index (χ4n) is 3.40. The van der Waals surface area contributed by atoms with E-state index in [2.05, 4.69) is 0 Å². The number of nitrogens with zero attached hydrogens (tertiary/aromatic N) is 2. The van der Waals surface area contributed by atoms with E-state index < -0.39 is 5.82 Å². The molecule has 2 aromatic carbocycles. The molecule has 1 aliphatic heterocycles. The summed E-state index contributed by atoms with van der Waals surface area (Å²) < 4.78 is 19.6. The molecule has 4 rings (SSSR count). The van der Waals surface area contributed by atoms with Crippen LogP contribution in [0.2, 0.25) is 5.02 Å². The zero-order valence-corrected chi connectivity index (χ0v) is 15.8. The predicted molar refractivity (Wildman–Crippen MR) is 104 cm³/mol. The summed E-state index contributed by atoms with van der Waals surface area (Å²) in [6, 6.07) is 12.8. The lowest BCUT2D eigenvalue weighted by Crippen LogP contribution is -2.37. The molecule has 1 fully saturated rings. The molecule has 1 saturated heterocycles. The Hall–Kier alpha value is -2.86. The van der Waals surface area contributed by atoms with Gasteiger partial charge in [-0.15, -0.1) is 0 Å². The molecule has 1 aromatic heterocycles. The number of carbonyl (C=O) groups is 2. The molecule has 0 N–H and O–H groups in total. The molecule has 3 aromatic rings. The van der Waals surface area contributed by atoms with Gasteiger partial charge in [0.25, 0.3) is 11.8 Å². The summed E-state index contributed by atoms with van der Waals surface area (Å²) in [4.78, 5) is 28.7. The van der Waals surface area contributed by atoms with Crippen LogP contribution in [0.25, 0.3) is 11.0 Å². The Bertz CT molecular complexity index is 1050. The molecule has 28 heavy (non-hydrogen) atoms. The lowest BCUT2D eigenvalue weighted by atomic mass is 10.2. The van der Waals surface area contributed by atoms with Crippen molar-refractivity contribution in [1.29, 1.82) is 0 Å². The van der Waals surface area contributed by atoms with E-state index in [1.165, 1.54) is 12.1 Å². The van der Waals surface area contributed by atoms with Crippen molar-refractivity contribution in [3.63, 3.8) is 0 Å². The van der Waals surface area contributed by atoms with Crippen molar-refractivity contribution in [2.24, 2.45) is 0 Å². The Balaban J connectivity index is 1.48. The number of fused-ring (bicyclic) bond motifs is 1. The molecule has 2 heterocycles. The van der Waals surface area contributed by atoms with Gasteiger partial charge in [0, 0.05) is 36.6 Å². The first-order valence-electron chi connectivity index (χ1n) is 9.05. The number of amides is 2. The van der Waals surface area contributed by atoms with Crippen molar-refractivity contribution >= 4 is 34.4 Å². The first-order valence-corrected chi connectivity index (χ1v) is 9.43. The molecule has 0 radical (unpaired) electrons. The second kappa shape index (κ2) is 7.64. The van der Waals surface area contributed by atoms with Crippen LogP contribution in [0.15, 0.2) is 52.9 Å². The number of halogens is 2. The number of hydrogen-bond acceptors (Lipinski definition) is 3. The first-order chi connectivity index (χ1) is 13.5. The normalized spacial score (nSPS) is 14.9. The highest BCUT2D eigenvalue weighted by molar-refractivity contribution is 6.31. The van der Waals surface area contributed by atoms with Gasteiger partial charge in [-0.25, -0.2) is 4.39 Å². The summed E-state index contributed by atoms with van der Waals surface area (Å²) in [6.45, 7) is 1.66. The van der Waals surface area contributed by atoms with E-state index >= 15 is 0 Å². The molecule has 0 saturated carbocycles. The predicted octanol–water partition coefficient (Wildman–Crippen LogP) is 4.21. The summed E-state index contributed by atoms with van der Waals surface area (Å²) in [5, 5.41) is 1.34. The summed E-state index contributed by atoms with van der Waals surface area (Å²) in [6.07, 6.45) is 0.609. The van der Waals surface area contributed by atoms with Gasteiger partial charge in [-0.05, 0) is 42.8 Å². The Kier molecular flexibility index (Phi) is 5.05. The molecular weight excluding hydrogens is 383 g/mol. The van der Waals surface area contributed by atoms with E-state index in [0.29, 0.717) is 43.2 Å². The highest BCUT2D eigenvalue weighted by atomic mass is 35.5. The molecule has 0 aliphatic carbocycles. The fourth-order valence-corrected chi connectivity index (χ4v) is 3.58. The van der Waals surface area contributed by atoms with Crippen LogP contribution in [-0.4, -0.2) is 47.8 Å². The molecule has 0 atom stereocenters. The molecule has 5 nitrogen and oxygen atoms in total. The van der Waals surface area contributed by atoms with E-state index in [-0.39, 0.29) is 23.1 Å². The third-order valence-corrected chi connectivity index (χ3v) is 5.10. The van der Waals surface area contributed by atoms with Crippen molar-refractivity contribution in [3.05, 3.63) is 70.7 Å². The number of carbonyl (C=O) groups excluding carboxylic acids is 2. The lowest BCUT2D eigenvalue weighted by molar-refractivity contribution is 0.0700. The molecule has 0 spiro atoms. The van der Waals surface area contributed by atoms with Crippen molar-refractivity contribution in [3.8, 4) is 0 Å². The second-order valence-corrected chi connectivity index (χ2v) is 7.15. The maximum atomic E-state index is 13.9. The van der Waals surface area contributed by atoms with Crippen LogP contribution < -0.4 is 0 Å². The van der Waals surface area contributed by atoms with Crippen LogP contribution in [0, 0.1) is 5.82 Å². The van der Waals surface area contributed by atoms with Crippen molar-refractivity contribution in [1.82, 2.24) is 9.80 Å². The molecule has 144 valence electrons. The standard InChI is InChI=1S/C21H18ClFN2O3/c22-15-6-7-18-14(12-15)13-19(28-18)21(27)25-9-3-8-24(10-11-25)20(26)16-4-1-2-5-17(16)23/h1-2,4-7,12-13H,3,8-11H2. The zero-order chi connectivity index (χ0) is 19.7. The van der Waals surface area contributed by atoms with E-state index in [1.54, 1.807) is 46.2 Å². The fraction of sp³-hybridized carbons (Fsp3) is 0.238. The third-order valence-electron chi connectivity index (χ3n) is 4.86. The van der Waals surface area contributed by atoms with Crippen LogP contribution >= 0.6 is 11.6 Å². The third kappa shape index (κ3) is 3.60. The van der Waals surface area contributed by atoms with Gasteiger partial charge in [0.15, 0.2) is 5.76 Å². The molecule has 2 amide bonds. The van der Waals surface area contributed by atoms with Gasteiger partial charge >= 0.3 is 0 Å². The maximum Gasteiger partial charge on any atom is 0.289 e. The minimum absolute atomic E-state index is 0.0523. The minimum atomic E-state index is -0.536. The quantitative estimate of drug-likeness (QED) is 0.647. The Labute approximate surface area is 166 Å². The molecular formula is C21H18ClFN2O3. The Morgan fingerprint density at radius 2 is 1.64 bits per heavy atom. The van der Waals surface area contributed by atoms with E-state index in [4.69, 9.17) is 16.0 Å². The van der Waals surface area contributed by atoms with Gasteiger partial charge < -0.3 is 14.2 Å². The van der Waals surface area contributed by atoms with E-state index in [9.17, 15) is 14.0 Å². The number of rotatable bonds is 2. The molecule has 7 heteroatoms. The van der Waals surface area contributed by atoms with Crippen LogP contribution in [0.4, 0.5) is 4.39 Å². The monoisotopic (exact) mass is 400 g/mol. The summed E-state index contributed by atoms with van der Waals surface area (Å²) >= 11 is 5.98. The van der Waals surface area contributed by atoms with E-state index in [0.717, 1.165) is 5.39 Å². The zero-order valence-electron chi connectivity index (χ0n) is 15.0. The largest absolute Gasteiger partial charge is 0.451 e. The van der Waals surface area contributed by atoms with Gasteiger partial charge in [0.1, 0.15) is 11.4 Å². The minimum Gasteiger partial charge on any atom is -0.451 e. The van der Waals surface area contributed by atoms with Crippen LogP contribution in [-0.2, 0) is 0 Å². The van der Waals surface area contributed by atoms with Crippen molar-refractivity contribution in [2.45, 2.75) is 6.42 Å². The van der Waals surface area contributed by atoms with E-state index in [1.807, 2.05) is 0 Å². The lowest BCUT2D eigenvalue weighted by Gasteiger charge is -2.22. The van der Waals surface area contributed by atoms with Gasteiger partial charge in [0.05, 0.1) is 5.56 Å². The van der Waals surface area contributed by atoms with Gasteiger partial charge in [-0.2, -0.15) is 0 Å². The summed E-state index contributed by atoms with van der Waals surface area (Å²) in [5.74, 6) is -0.880. The molecule has 0 bridgehead atoms. The average molecular weight is 401 g/mol. The number of benzene rings is 2. The summed E-state index contributed by atoms with van der Waals surface area (Å²) in [7, 11) is 0. The van der Waals surface area contributed by atoms with Crippen LogP contribution in [0.5, 0.6) is 0 Å². The number of hydrogen-bond donors (Lipinski definition) is 0. The smallest absolute Gasteiger partial charge is 0.289 e. The number of furan rings is 1. The van der Waals surface area contributed by atoms with Crippen LogP contribution in [0.1, 0.15) is 27.3 Å². The highest BCUT2D eigenvalue weighted by Gasteiger charge is 2.26. The van der Waals surface area contributed by atoms with Gasteiger partial charge in [-0.1, -0.05) is 23.7 Å². The SMILES string of the molecule is O=C(c1cc2cc(Cl)ccc2o1)N1CCCN(C(=O)c2ccccc2F)CC1. The summed E-state index contributed by atoms with van der Waals surface area (Å²) in [5.41, 5.74) is 0.648. The topological polar surface area (TPSA) is 53.8 Å². The second-order valence-electron chi connectivity index (χ2n) is 6.71. The van der Waals surface area contributed by atoms with Crippen molar-refractivity contribution in [2.75, 3.05) is 26.2 Å². The Morgan fingerprint density at radius 3 is 2.39 bits per heavy atom. The Morgan fingerprint density at radius 1 is 0.929 bits per heavy atom. The highest BCUT2D eigenvalue weighted by Crippen LogP contribution is 2.24. The maximum absolute atomic E-state index is 13.9. The molecule has 1 aliphatic rings. The van der Waals surface area contributed by atoms with Crippen LogP contribution in [0.3, 0.4) is 0 Å². The first kappa shape index (κ1) is 18.5. The molecule has 0 unspecified atom stereocenters. The van der Waals surface area contributed by atoms with Gasteiger partial charge in [-0.3, -0.25) is 9.59 Å². The van der Waals surface area contributed by atoms with Crippen molar-refractivity contribution < 1.29 is 18.4 Å². The average Bonchev–Trinajstić information content (AvgIpc) is 2.95. The van der Waals surface area contributed by atoms with Gasteiger partial charge in [0.2, 0.25) is 0 Å².